The molecule has 1 aromatic heterocycles. The zero-order valence-corrected chi connectivity index (χ0v) is 12.2. The summed E-state index contributed by atoms with van der Waals surface area (Å²) in [5, 5.41) is 3.35. The summed E-state index contributed by atoms with van der Waals surface area (Å²) in [5.74, 6) is 0. The van der Waals surface area contributed by atoms with Gasteiger partial charge in [-0.05, 0) is 35.8 Å². The van der Waals surface area contributed by atoms with Crippen molar-refractivity contribution in [1.29, 1.82) is 0 Å². The predicted molar refractivity (Wildman–Crippen MR) is 74.1 cm³/mol. The highest BCUT2D eigenvalue weighted by Gasteiger charge is 2.01. The maximum atomic E-state index is 5.39. The van der Waals surface area contributed by atoms with Gasteiger partial charge in [0.1, 0.15) is 0 Å². The summed E-state index contributed by atoms with van der Waals surface area (Å²) in [7, 11) is 0. The second-order valence-electron chi connectivity index (χ2n) is 3.80. The van der Waals surface area contributed by atoms with E-state index >= 15 is 0 Å². The fourth-order valence-electron chi connectivity index (χ4n) is 1.21. The Balaban J connectivity index is 2.09. The van der Waals surface area contributed by atoms with E-state index in [0.717, 1.165) is 25.3 Å². The van der Waals surface area contributed by atoms with E-state index in [0.29, 0.717) is 6.61 Å². The van der Waals surface area contributed by atoms with Crippen molar-refractivity contribution in [1.82, 2.24) is 5.32 Å². The van der Waals surface area contributed by atoms with Crippen molar-refractivity contribution in [3.05, 3.63) is 32.4 Å². The lowest BCUT2D eigenvalue weighted by Crippen LogP contribution is -2.19. The monoisotopic (exact) mass is 303 g/mol. The van der Waals surface area contributed by atoms with Gasteiger partial charge in [0.15, 0.2) is 0 Å². The van der Waals surface area contributed by atoms with Crippen molar-refractivity contribution in [3.63, 3.8) is 0 Å². The Morgan fingerprint density at radius 1 is 1.62 bits per heavy atom. The number of ether oxygens (including phenoxy) is 1. The molecule has 0 aliphatic heterocycles. The van der Waals surface area contributed by atoms with Crippen LogP contribution in [0.2, 0.25) is 0 Å². The number of hydrogen-bond acceptors (Lipinski definition) is 3. The van der Waals surface area contributed by atoms with Gasteiger partial charge in [-0.2, -0.15) is 0 Å². The molecule has 1 aromatic rings. The third-order valence-corrected chi connectivity index (χ3v) is 4.12. The second kappa shape index (κ2) is 7.22. The van der Waals surface area contributed by atoms with Gasteiger partial charge >= 0.3 is 0 Å². The van der Waals surface area contributed by atoms with Crippen molar-refractivity contribution >= 4 is 27.3 Å². The summed E-state index contributed by atoms with van der Waals surface area (Å²) in [6.07, 6.45) is 0. The van der Waals surface area contributed by atoms with Crippen LogP contribution >= 0.6 is 27.3 Å². The highest BCUT2D eigenvalue weighted by Crippen LogP contribution is 2.25. The molecule has 1 rings (SSSR count). The molecule has 0 saturated carbocycles. The fraction of sp³-hybridized carbons (Fsp3) is 0.500. The first-order valence-electron chi connectivity index (χ1n) is 5.27. The van der Waals surface area contributed by atoms with Gasteiger partial charge in [-0.25, -0.2) is 0 Å². The van der Waals surface area contributed by atoms with Crippen LogP contribution in [-0.4, -0.2) is 19.8 Å². The Morgan fingerprint density at radius 3 is 2.94 bits per heavy atom. The molecule has 0 aliphatic carbocycles. The van der Waals surface area contributed by atoms with Gasteiger partial charge in [-0.15, -0.1) is 11.3 Å². The molecule has 0 amide bonds. The van der Waals surface area contributed by atoms with Gasteiger partial charge in [0.2, 0.25) is 0 Å². The zero-order chi connectivity index (χ0) is 12.0. The third kappa shape index (κ3) is 5.25. The molecule has 0 fully saturated rings. The highest BCUT2D eigenvalue weighted by atomic mass is 79.9. The average Bonchev–Trinajstić information content (AvgIpc) is 2.52. The van der Waals surface area contributed by atoms with Gasteiger partial charge in [-0.1, -0.05) is 12.2 Å². The molecule has 0 aromatic carbocycles. The minimum atomic E-state index is 0.658. The normalized spacial score (nSPS) is 10.7. The molecule has 0 aliphatic rings. The summed E-state index contributed by atoms with van der Waals surface area (Å²) >= 11 is 5.33. The van der Waals surface area contributed by atoms with E-state index in [9.17, 15) is 0 Å². The Morgan fingerprint density at radius 2 is 2.38 bits per heavy atom. The van der Waals surface area contributed by atoms with Crippen LogP contribution < -0.4 is 5.32 Å². The Kier molecular flexibility index (Phi) is 6.28. The van der Waals surface area contributed by atoms with Crippen molar-refractivity contribution in [2.75, 3.05) is 19.8 Å². The lowest BCUT2D eigenvalue weighted by Gasteiger charge is -2.04. The number of hydrogen-bond donors (Lipinski definition) is 1. The highest BCUT2D eigenvalue weighted by molar-refractivity contribution is 9.10. The quantitative estimate of drug-likeness (QED) is 0.615. The van der Waals surface area contributed by atoms with Crippen molar-refractivity contribution in [3.8, 4) is 0 Å². The van der Waals surface area contributed by atoms with E-state index < -0.39 is 0 Å². The van der Waals surface area contributed by atoms with Gasteiger partial charge in [0.25, 0.3) is 0 Å². The van der Waals surface area contributed by atoms with Crippen LogP contribution in [0.4, 0.5) is 0 Å². The number of nitrogens with one attached hydrogen (secondary N) is 1. The summed E-state index contributed by atoms with van der Waals surface area (Å²) < 4.78 is 6.60. The van der Waals surface area contributed by atoms with Crippen molar-refractivity contribution < 1.29 is 4.74 Å². The van der Waals surface area contributed by atoms with E-state index in [4.69, 9.17) is 4.74 Å². The maximum absolute atomic E-state index is 5.39. The van der Waals surface area contributed by atoms with Gasteiger partial charge in [-0.3, -0.25) is 0 Å². The third-order valence-electron chi connectivity index (χ3n) is 1.98. The Hall–Kier alpha value is -0.160. The lowest BCUT2D eigenvalue weighted by atomic mass is 10.4. The van der Waals surface area contributed by atoms with Crippen LogP contribution in [0.1, 0.15) is 16.7 Å². The second-order valence-corrected chi connectivity index (χ2v) is 6.00. The van der Waals surface area contributed by atoms with Crippen LogP contribution in [0.15, 0.2) is 22.7 Å². The molecular formula is C12H18BrNOS. The van der Waals surface area contributed by atoms with Crippen molar-refractivity contribution in [2.45, 2.75) is 20.4 Å². The van der Waals surface area contributed by atoms with Crippen LogP contribution in [-0.2, 0) is 11.3 Å². The molecule has 0 unspecified atom stereocenters. The molecule has 0 radical (unpaired) electrons. The van der Waals surface area contributed by atoms with Crippen LogP contribution in [0, 0.1) is 6.92 Å². The molecule has 4 heteroatoms. The average molecular weight is 304 g/mol. The standard InChI is InChI=1S/C12H18BrNOS/c1-9(2)8-15-5-4-14-7-11-6-12(13)10(3)16-11/h6,14H,1,4-5,7-8H2,2-3H3. The molecule has 0 saturated heterocycles. The molecule has 1 N–H and O–H groups in total. The van der Waals surface area contributed by atoms with E-state index in [1.54, 1.807) is 0 Å². The van der Waals surface area contributed by atoms with E-state index in [-0.39, 0.29) is 0 Å². The van der Waals surface area contributed by atoms with Gasteiger partial charge in [0.05, 0.1) is 13.2 Å². The minimum Gasteiger partial charge on any atom is -0.376 e. The molecule has 0 atom stereocenters. The molecule has 90 valence electrons. The van der Waals surface area contributed by atoms with Crippen molar-refractivity contribution in [2.24, 2.45) is 0 Å². The van der Waals surface area contributed by atoms with Crippen LogP contribution in [0.3, 0.4) is 0 Å². The van der Waals surface area contributed by atoms with Gasteiger partial charge < -0.3 is 10.1 Å². The van der Waals surface area contributed by atoms with E-state index in [1.807, 2.05) is 18.3 Å². The minimum absolute atomic E-state index is 0.658. The van der Waals surface area contributed by atoms with Gasteiger partial charge in [0, 0.05) is 27.3 Å². The first-order chi connectivity index (χ1) is 7.59. The lowest BCUT2D eigenvalue weighted by molar-refractivity contribution is 0.158. The molecular weight excluding hydrogens is 286 g/mol. The number of rotatable bonds is 7. The number of halogens is 1. The topological polar surface area (TPSA) is 21.3 Å². The Labute approximate surface area is 110 Å². The maximum Gasteiger partial charge on any atom is 0.0672 e. The molecule has 0 bridgehead atoms. The van der Waals surface area contributed by atoms with Crippen LogP contribution in [0.5, 0.6) is 0 Å². The SMILES string of the molecule is C=C(C)COCCNCc1cc(Br)c(C)s1. The largest absolute Gasteiger partial charge is 0.376 e. The summed E-state index contributed by atoms with van der Waals surface area (Å²) in [5.41, 5.74) is 1.07. The van der Waals surface area contributed by atoms with E-state index in [2.05, 4.69) is 40.8 Å². The molecule has 16 heavy (non-hydrogen) atoms. The number of thiophene rings is 1. The summed E-state index contributed by atoms with van der Waals surface area (Å²) in [4.78, 5) is 2.68. The first-order valence-corrected chi connectivity index (χ1v) is 6.88. The Bertz CT molecular complexity index is 329. The molecule has 0 spiro atoms. The summed E-state index contributed by atoms with van der Waals surface area (Å²) in [6.45, 7) is 11.1. The smallest absolute Gasteiger partial charge is 0.0672 e. The van der Waals surface area contributed by atoms with E-state index in [1.165, 1.54) is 14.2 Å². The first kappa shape index (κ1) is 13.9. The molecule has 2 nitrogen and oxygen atoms in total. The van der Waals surface area contributed by atoms with Crippen LogP contribution in [0.25, 0.3) is 0 Å². The zero-order valence-electron chi connectivity index (χ0n) is 9.81. The summed E-state index contributed by atoms with van der Waals surface area (Å²) in [6, 6.07) is 2.17. The predicted octanol–water partition coefficient (Wildman–Crippen LogP) is 3.50. The fourth-order valence-corrected chi connectivity index (χ4v) is 2.78. The number of aryl methyl sites for hydroxylation is 1. The molecule has 1 heterocycles.